The predicted octanol–water partition coefficient (Wildman–Crippen LogP) is 4.22. The van der Waals surface area contributed by atoms with E-state index in [0.717, 1.165) is 4.57 Å². The normalized spacial score (nSPS) is 22.9. The molecule has 5 atom stereocenters. The van der Waals surface area contributed by atoms with Crippen molar-refractivity contribution in [3.8, 4) is 11.5 Å². The number of aryl methyl sites for hydroxylation is 1. The van der Waals surface area contributed by atoms with Crippen molar-refractivity contribution in [2.24, 2.45) is 5.41 Å². The van der Waals surface area contributed by atoms with Crippen LogP contribution in [0.1, 0.15) is 43.0 Å². The van der Waals surface area contributed by atoms with Crippen molar-refractivity contribution in [2.75, 3.05) is 20.8 Å². The van der Waals surface area contributed by atoms with Crippen LogP contribution in [0.5, 0.6) is 11.5 Å². The lowest BCUT2D eigenvalue weighted by Crippen LogP contribution is -2.63. The average Bonchev–Trinajstić information content (AvgIpc) is 3.37. The van der Waals surface area contributed by atoms with E-state index in [0.29, 0.717) is 28.2 Å². The van der Waals surface area contributed by atoms with Crippen LogP contribution in [-0.4, -0.2) is 72.1 Å². The van der Waals surface area contributed by atoms with Gasteiger partial charge in [0, 0.05) is 31.0 Å². The number of nitro groups is 1. The van der Waals surface area contributed by atoms with Crippen LogP contribution in [0.25, 0.3) is 0 Å². The van der Waals surface area contributed by atoms with Crippen LogP contribution in [0, 0.1) is 22.5 Å². The molecule has 0 amide bonds. The van der Waals surface area contributed by atoms with Gasteiger partial charge in [-0.05, 0) is 53.3 Å². The standard InChI is InChI=1S/C38H47N3O9Si/c1-24-22-40(34(44)39-32(24)43)36(23-41(46)47)33(51(7)8)38(45,35(2,3)4)31(50-36)30(42)37(25-12-10-9-11-13-25,26-14-18-28(48-5)19-15-26)27-16-20-29(49-6)21-17-27/h9-22,30-31,33,42,45,51H,23H2,1-8H3,(H,39,43,44)/t30?,31-,33?,36-,38-/m1/s1. The number of nitrogens with one attached hydrogen (secondary N) is 1. The van der Waals surface area contributed by atoms with E-state index in [-0.39, 0.29) is 5.56 Å². The van der Waals surface area contributed by atoms with E-state index in [2.05, 4.69) is 4.98 Å². The van der Waals surface area contributed by atoms with Crippen molar-refractivity contribution in [1.82, 2.24) is 9.55 Å². The van der Waals surface area contributed by atoms with E-state index in [1.54, 1.807) is 59.3 Å². The molecule has 272 valence electrons. The van der Waals surface area contributed by atoms with Gasteiger partial charge >= 0.3 is 5.69 Å². The second kappa shape index (κ2) is 13.9. The monoisotopic (exact) mass is 717 g/mol. The molecule has 13 heteroatoms. The number of methoxy groups -OCH3 is 2. The minimum atomic E-state index is -2.30. The van der Waals surface area contributed by atoms with Crippen LogP contribution < -0.4 is 20.7 Å². The summed E-state index contributed by atoms with van der Waals surface area (Å²) in [4.78, 5) is 40.6. The van der Waals surface area contributed by atoms with Gasteiger partial charge in [0.1, 0.15) is 29.3 Å². The first-order chi connectivity index (χ1) is 24.0. The highest BCUT2D eigenvalue weighted by molar-refractivity contribution is 6.58. The van der Waals surface area contributed by atoms with Gasteiger partial charge in [-0.3, -0.25) is 24.5 Å². The molecular weight excluding hydrogens is 671 g/mol. The second-order valence-corrected chi connectivity index (χ2v) is 17.8. The molecule has 12 nitrogen and oxygen atoms in total. The molecule has 1 aromatic heterocycles. The van der Waals surface area contributed by atoms with E-state index < -0.39 is 71.4 Å². The Kier molecular flexibility index (Phi) is 10.2. The number of aromatic nitrogens is 2. The highest BCUT2D eigenvalue weighted by Gasteiger charge is 2.74. The maximum Gasteiger partial charge on any atom is 0.330 e. The van der Waals surface area contributed by atoms with Gasteiger partial charge in [0.25, 0.3) is 12.1 Å². The minimum Gasteiger partial charge on any atom is -0.497 e. The number of hydrogen-bond acceptors (Lipinski definition) is 9. The average molecular weight is 718 g/mol. The Morgan fingerprint density at radius 2 is 1.43 bits per heavy atom. The number of nitrogens with zero attached hydrogens (tertiary/aromatic N) is 2. The van der Waals surface area contributed by atoms with E-state index in [1.807, 2.05) is 67.7 Å². The van der Waals surface area contributed by atoms with Gasteiger partial charge in [-0.1, -0.05) is 88.5 Å². The Labute approximate surface area is 298 Å². The Morgan fingerprint density at radius 1 is 0.941 bits per heavy atom. The second-order valence-electron chi connectivity index (χ2n) is 14.7. The van der Waals surface area contributed by atoms with Gasteiger partial charge in [0.2, 0.25) is 5.72 Å². The van der Waals surface area contributed by atoms with Crippen molar-refractivity contribution >= 4 is 8.80 Å². The Bertz CT molecular complexity index is 1930. The summed E-state index contributed by atoms with van der Waals surface area (Å²) in [6, 6.07) is 23.7. The fourth-order valence-corrected chi connectivity index (χ4v) is 11.3. The maximum absolute atomic E-state index is 13.7. The van der Waals surface area contributed by atoms with E-state index in [1.165, 1.54) is 13.1 Å². The molecule has 51 heavy (non-hydrogen) atoms. The summed E-state index contributed by atoms with van der Waals surface area (Å²) in [5.74, 6) is 1.16. The first kappa shape index (κ1) is 37.7. The number of rotatable bonds is 11. The number of H-pyrrole nitrogens is 1. The number of aliphatic hydroxyl groups excluding tert-OH is 1. The summed E-state index contributed by atoms with van der Waals surface area (Å²) in [7, 11) is 0.806. The zero-order valence-corrected chi connectivity index (χ0v) is 31.4. The molecule has 4 aromatic rings. The van der Waals surface area contributed by atoms with Crippen LogP contribution in [-0.2, 0) is 15.9 Å². The molecule has 1 aliphatic rings. The fraction of sp³-hybridized carbons (Fsp3) is 0.421. The van der Waals surface area contributed by atoms with E-state index in [9.17, 15) is 29.9 Å². The summed E-state index contributed by atoms with van der Waals surface area (Å²) in [5.41, 5.74) is -7.16. The summed E-state index contributed by atoms with van der Waals surface area (Å²) in [6.07, 6.45) is -1.90. The first-order valence-corrected chi connectivity index (χ1v) is 19.8. The van der Waals surface area contributed by atoms with Crippen molar-refractivity contribution in [1.29, 1.82) is 0 Å². The molecule has 0 spiro atoms. The third-order valence-corrected chi connectivity index (χ3v) is 12.9. The molecule has 5 rings (SSSR count). The minimum absolute atomic E-state index is 0.128. The molecule has 1 fully saturated rings. The number of hydrogen-bond donors (Lipinski definition) is 3. The van der Waals surface area contributed by atoms with Gasteiger partial charge < -0.3 is 24.4 Å². The van der Waals surface area contributed by atoms with Crippen molar-refractivity contribution < 1.29 is 29.3 Å². The van der Waals surface area contributed by atoms with Gasteiger partial charge in [-0.25, -0.2) is 4.79 Å². The molecule has 0 bridgehead atoms. The van der Waals surface area contributed by atoms with Crippen molar-refractivity contribution in [3.05, 3.63) is 138 Å². The third-order valence-electron chi connectivity index (χ3n) is 10.5. The molecule has 0 aliphatic carbocycles. The largest absolute Gasteiger partial charge is 0.497 e. The van der Waals surface area contributed by atoms with Gasteiger partial charge in [0.05, 0.1) is 19.6 Å². The summed E-state index contributed by atoms with van der Waals surface area (Å²) in [6.45, 7) is 9.82. The SMILES string of the molecule is COc1ccc(C(c2ccccc2)(c2ccc(OC)cc2)C(O)[C@H]2O[C@@](C[N+](=O)[O-])(n3cc(C)c(=O)[nH]c3=O)C([SiH](C)C)[C@@]2(O)C(C)(C)C)cc1. The summed E-state index contributed by atoms with van der Waals surface area (Å²) >= 11 is 0. The Balaban J connectivity index is 1.93. The quantitative estimate of drug-likeness (QED) is 0.0892. The first-order valence-electron chi connectivity index (χ1n) is 16.9. The topological polar surface area (TPSA) is 166 Å². The summed E-state index contributed by atoms with van der Waals surface area (Å²) in [5, 5.41) is 39.6. The third kappa shape index (κ3) is 6.11. The van der Waals surface area contributed by atoms with Crippen LogP contribution in [0.4, 0.5) is 0 Å². The predicted molar refractivity (Wildman–Crippen MR) is 196 cm³/mol. The molecule has 2 heterocycles. The summed E-state index contributed by atoms with van der Waals surface area (Å²) < 4.78 is 19.0. The molecule has 0 radical (unpaired) electrons. The van der Waals surface area contributed by atoms with Gasteiger partial charge in [-0.2, -0.15) is 0 Å². The lowest BCUT2D eigenvalue weighted by Gasteiger charge is -2.50. The smallest absolute Gasteiger partial charge is 0.330 e. The van der Waals surface area contributed by atoms with Crippen LogP contribution >= 0.6 is 0 Å². The molecule has 1 saturated heterocycles. The highest BCUT2D eigenvalue weighted by Crippen LogP contribution is 2.61. The number of aliphatic hydroxyl groups is 2. The molecule has 1 aliphatic heterocycles. The molecule has 3 aromatic carbocycles. The van der Waals surface area contributed by atoms with Crippen LogP contribution in [0.15, 0.2) is 94.6 Å². The zero-order valence-electron chi connectivity index (χ0n) is 30.2. The fourth-order valence-electron chi connectivity index (χ4n) is 8.23. The number of ether oxygens (including phenoxy) is 3. The van der Waals surface area contributed by atoms with Crippen molar-refractivity contribution in [2.45, 2.75) is 75.3 Å². The molecule has 0 saturated carbocycles. The van der Waals surface area contributed by atoms with Crippen LogP contribution in [0.3, 0.4) is 0 Å². The Hall–Kier alpha value is -4.56. The van der Waals surface area contributed by atoms with Gasteiger partial charge in [-0.15, -0.1) is 0 Å². The lowest BCUT2D eigenvalue weighted by atomic mass is 9.60. The maximum atomic E-state index is 13.7. The molecular formula is C38H47N3O9Si. The zero-order chi connectivity index (χ0) is 37.5. The van der Waals surface area contributed by atoms with Crippen molar-refractivity contribution in [3.63, 3.8) is 0 Å². The van der Waals surface area contributed by atoms with Gasteiger partial charge in [0.15, 0.2) is 0 Å². The van der Waals surface area contributed by atoms with E-state index in [4.69, 9.17) is 14.2 Å². The molecule has 2 unspecified atom stereocenters. The molecule has 3 N–H and O–H groups in total. The Morgan fingerprint density at radius 3 is 1.86 bits per heavy atom. The highest BCUT2D eigenvalue weighted by atomic mass is 28.3. The number of benzene rings is 3. The van der Waals surface area contributed by atoms with Crippen LogP contribution in [0.2, 0.25) is 18.6 Å². The number of aromatic amines is 1. The lowest BCUT2D eigenvalue weighted by molar-refractivity contribution is -0.510. The van der Waals surface area contributed by atoms with E-state index >= 15 is 0 Å².